The molecule has 0 aromatic heterocycles. The predicted octanol–water partition coefficient (Wildman–Crippen LogP) is 1.84. The second kappa shape index (κ2) is 10.3. The molecule has 2 aliphatic rings. The zero-order valence-corrected chi connectivity index (χ0v) is 17.6. The molecule has 1 fully saturated rings. The summed E-state index contributed by atoms with van der Waals surface area (Å²) >= 11 is 1.59. The van der Waals surface area contributed by atoms with E-state index in [1.165, 1.54) is 0 Å². The van der Waals surface area contributed by atoms with Crippen LogP contribution in [0.15, 0.2) is 23.2 Å². The third-order valence-corrected chi connectivity index (χ3v) is 6.39. The summed E-state index contributed by atoms with van der Waals surface area (Å²) in [7, 11) is 3.48. The van der Waals surface area contributed by atoms with Crippen LogP contribution in [-0.2, 0) is 14.3 Å². The van der Waals surface area contributed by atoms with Gasteiger partial charge in [0.1, 0.15) is 29.2 Å². The highest BCUT2D eigenvalue weighted by Gasteiger charge is 2.40. The van der Waals surface area contributed by atoms with Gasteiger partial charge in [-0.15, -0.1) is 11.8 Å². The van der Waals surface area contributed by atoms with Crippen molar-refractivity contribution in [2.45, 2.75) is 31.0 Å². The number of carboxylic acid groups (broad SMARTS) is 1. The minimum Gasteiger partial charge on any atom is -0.507 e. The highest BCUT2D eigenvalue weighted by molar-refractivity contribution is 8.14. The van der Waals surface area contributed by atoms with E-state index in [1.54, 1.807) is 24.9 Å². The van der Waals surface area contributed by atoms with Gasteiger partial charge in [-0.25, -0.2) is 0 Å². The third-order valence-electron chi connectivity index (χ3n) is 5.28. The Morgan fingerprint density at radius 3 is 2.76 bits per heavy atom. The number of hydrogen-bond donors (Lipinski definition) is 2. The van der Waals surface area contributed by atoms with Crippen LogP contribution in [0.25, 0.3) is 0 Å². The van der Waals surface area contributed by atoms with Crippen LogP contribution in [0.5, 0.6) is 11.5 Å². The molecule has 160 valence electrons. The number of aliphatic imine (C=N–C) groups is 1. The smallest absolute Gasteiger partial charge is 0.320 e. The molecule has 0 amide bonds. The van der Waals surface area contributed by atoms with Crippen molar-refractivity contribution < 1.29 is 29.2 Å². The molecule has 0 bridgehead atoms. The predicted molar refractivity (Wildman–Crippen MR) is 111 cm³/mol. The van der Waals surface area contributed by atoms with E-state index < -0.39 is 12.0 Å². The van der Waals surface area contributed by atoms with Crippen LogP contribution in [0.4, 0.5) is 0 Å². The molecule has 0 aliphatic carbocycles. The Balaban J connectivity index is 1.57. The number of aromatic hydroxyl groups is 1. The van der Waals surface area contributed by atoms with Gasteiger partial charge in [0.05, 0.1) is 25.9 Å². The highest BCUT2D eigenvalue weighted by atomic mass is 32.2. The summed E-state index contributed by atoms with van der Waals surface area (Å²) in [5, 5.41) is 20.5. The molecule has 1 aromatic rings. The molecule has 2 aliphatic heterocycles. The largest absolute Gasteiger partial charge is 0.507 e. The number of thioether (sulfide) groups is 1. The van der Waals surface area contributed by atoms with Gasteiger partial charge in [-0.3, -0.25) is 14.7 Å². The van der Waals surface area contributed by atoms with Gasteiger partial charge in [0, 0.05) is 30.5 Å². The monoisotopic (exact) mass is 424 g/mol. The van der Waals surface area contributed by atoms with Crippen LogP contribution in [0.1, 0.15) is 18.4 Å². The van der Waals surface area contributed by atoms with E-state index in [9.17, 15) is 15.0 Å². The second-order valence-corrected chi connectivity index (χ2v) is 8.12. The first-order valence-corrected chi connectivity index (χ1v) is 10.7. The summed E-state index contributed by atoms with van der Waals surface area (Å²) in [5.74, 6) is 0.703. The van der Waals surface area contributed by atoms with E-state index in [1.807, 2.05) is 24.1 Å². The van der Waals surface area contributed by atoms with Crippen LogP contribution in [0.3, 0.4) is 0 Å². The van der Waals surface area contributed by atoms with Crippen LogP contribution < -0.4 is 4.74 Å². The lowest BCUT2D eigenvalue weighted by Crippen LogP contribution is -2.42. The summed E-state index contributed by atoms with van der Waals surface area (Å²) in [6.45, 7) is 1.90. The number of ether oxygens (including phenoxy) is 3. The molecule has 0 saturated carbocycles. The number of carbonyl (C=O) groups is 1. The van der Waals surface area contributed by atoms with Crippen molar-refractivity contribution >= 4 is 22.8 Å². The van der Waals surface area contributed by atoms with Crippen molar-refractivity contribution in [3.63, 3.8) is 0 Å². The molecule has 0 unspecified atom stereocenters. The lowest BCUT2D eigenvalue weighted by Gasteiger charge is -2.26. The molecule has 29 heavy (non-hydrogen) atoms. The maximum absolute atomic E-state index is 11.3. The number of nitrogens with zero attached hydrogens (tertiary/aromatic N) is 2. The van der Waals surface area contributed by atoms with Crippen molar-refractivity contribution in [2.75, 3.05) is 46.3 Å². The molecule has 9 heteroatoms. The SMILES string of the molecule is COCCOCCOc1ccc(C2=N[C@H]([C@H]3CC[C@H](C(=O)O)N3C)CS2)c(O)c1. The lowest BCUT2D eigenvalue weighted by atomic mass is 10.1. The van der Waals surface area contributed by atoms with Gasteiger partial charge in [-0.05, 0) is 32.0 Å². The van der Waals surface area contributed by atoms with Gasteiger partial charge in [0.15, 0.2) is 0 Å². The first-order valence-electron chi connectivity index (χ1n) is 9.69. The first kappa shape index (κ1) is 21.9. The maximum atomic E-state index is 11.3. The van der Waals surface area contributed by atoms with Crippen molar-refractivity contribution in [2.24, 2.45) is 4.99 Å². The summed E-state index contributed by atoms with van der Waals surface area (Å²) < 4.78 is 15.9. The molecular formula is C20H28N2O6S. The summed E-state index contributed by atoms with van der Waals surface area (Å²) in [6, 6.07) is 4.91. The Bertz CT molecular complexity index is 744. The summed E-state index contributed by atoms with van der Waals surface area (Å²) in [4.78, 5) is 18.0. The molecular weight excluding hydrogens is 396 g/mol. The zero-order valence-electron chi connectivity index (χ0n) is 16.7. The van der Waals surface area contributed by atoms with Crippen molar-refractivity contribution in [3.8, 4) is 11.5 Å². The Hall–Kier alpha value is -1.81. The minimum absolute atomic E-state index is 0.0314. The van der Waals surface area contributed by atoms with Crippen molar-refractivity contribution in [1.82, 2.24) is 4.90 Å². The number of benzene rings is 1. The average Bonchev–Trinajstić information content (AvgIpc) is 3.31. The van der Waals surface area contributed by atoms with Gasteiger partial charge in [-0.1, -0.05) is 0 Å². The minimum atomic E-state index is -0.776. The Morgan fingerprint density at radius 2 is 2.07 bits per heavy atom. The fourth-order valence-corrected chi connectivity index (χ4v) is 4.87. The fourth-order valence-electron chi connectivity index (χ4n) is 3.71. The van der Waals surface area contributed by atoms with E-state index in [4.69, 9.17) is 19.2 Å². The number of phenols is 1. The summed E-state index contributed by atoms with van der Waals surface area (Å²) in [5.41, 5.74) is 0.677. The van der Waals surface area contributed by atoms with E-state index in [-0.39, 0.29) is 17.8 Å². The van der Waals surface area contributed by atoms with Crippen LogP contribution >= 0.6 is 11.8 Å². The van der Waals surface area contributed by atoms with E-state index in [0.29, 0.717) is 44.2 Å². The van der Waals surface area contributed by atoms with Crippen LogP contribution in [0.2, 0.25) is 0 Å². The number of likely N-dealkylation sites (N-methyl/N-ethyl adjacent to an activating group) is 1. The maximum Gasteiger partial charge on any atom is 0.320 e. The number of carboxylic acids is 1. The average molecular weight is 425 g/mol. The quantitative estimate of drug-likeness (QED) is 0.549. The number of aliphatic carboxylic acids is 1. The first-order chi connectivity index (χ1) is 14.0. The summed E-state index contributed by atoms with van der Waals surface area (Å²) in [6.07, 6.45) is 1.47. The van der Waals surface area contributed by atoms with Gasteiger partial charge >= 0.3 is 5.97 Å². The number of likely N-dealkylation sites (tertiary alicyclic amines) is 1. The van der Waals surface area contributed by atoms with Crippen LogP contribution in [0, 0.1) is 0 Å². The third kappa shape index (κ3) is 5.42. The van der Waals surface area contributed by atoms with Gasteiger partial charge in [0.2, 0.25) is 0 Å². The number of phenolic OH excluding ortho intramolecular Hbond substituents is 1. The van der Waals surface area contributed by atoms with Gasteiger partial charge < -0.3 is 24.4 Å². The highest BCUT2D eigenvalue weighted by Crippen LogP contribution is 2.35. The molecule has 1 aromatic carbocycles. The molecule has 0 spiro atoms. The molecule has 2 heterocycles. The Kier molecular flexibility index (Phi) is 7.77. The van der Waals surface area contributed by atoms with Gasteiger partial charge in [0.25, 0.3) is 0 Å². The molecule has 8 nitrogen and oxygen atoms in total. The normalized spacial score (nSPS) is 24.6. The molecule has 3 rings (SSSR count). The molecule has 1 saturated heterocycles. The van der Waals surface area contributed by atoms with Crippen LogP contribution in [-0.4, -0.2) is 90.6 Å². The number of hydrogen-bond acceptors (Lipinski definition) is 8. The van der Waals surface area contributed by atoms with E-state index >= 15 is 0 Å². The molecule has 0 radical (unpaired) electrons. The van der Waals surface area contributed by atoms with E-state index in [0.717, 1.165) is 17.2 Å². The van der Waals surface area contributed by atoms with Crippen molar-refractivity contribution in [1.29, 1.82) is 0 Å². The zero-order chi connectivity index (χ0) is 20.8. The second-order valence-electron chi connectivity index (χ2n) is 7.11. The standard InChI is InChI=1S/C20H28N2O6S/c1-22-16(5-6-17(22)20(24)25)15-12-29-19(21-15)14-4-3-13(11-18(14)23)28-10-9-27-8-7-26-2/h3-4,11,15-17,23H,5-10,12H2,1-2H3,(H,24,25)/t15-,16+,17+/m0/s1. The fraction of sp³-hybridized carbons (Fsp3) is 0.600. The lowest BCUT2D eigenvalue weighted by molar-refractivity contribution is -0.142. The van der Waals surface area contributed by atoms with Gasteiger partial charge in [-0.2, -0.15) is 0 Å². The number of methoxy groups -OCH3 is 1. The van der Waals surface area contributed by atoms with Crippen molar-refractivity contribution in [3.05, 3.63) is 23.8 Å². The molecule has 3 atom stereocenters. The topological polar surface area (TPSA) is 101 Å². The number of rotatable bonds is 10. The van der Waals surface area contributed by atoms with E-state index in [2.05, 4.69) is 0 Å². The molecule has 2 N–H and O–H groups in total. The Morgan fingerprint density at radius 1 is 1.28 bits per heavy atom. The Labute approximate surface area is 174 Å².